The summed E-state index contributed by atoms with van der Waals surface area (Å²) in [6.07, 6.45) is 2.82. The second kappa shape index (κ2) is 5.77. The largest absolute Gasteiger partial charge is 0.344 e. The molecule has 6 heteroatoms. The van der Waals surface area contributed by atoms with Crippen LogP contribution in [0.2, 0.25) is 0 Å². The maximum atomic E-state index is 4.38. The first-order chi connectivity index (χ1) is 9.10. The van der Waals surface area contributed by atoms with E-state index in [0.29, 0.717) is 5.95 Å². The van der Waals surface area contributed by atoms with Gasteiger partial charge >= 0.3 is 0 Å². The molecule has 6 nitrogen and oxygen atoms in total. The summed E-state index contributed by atoms with van der Waals surface area (Å²) in [5.41, 5.74) is 1.91. The Morgan fingerprint density at radius 1 is 1.26 bits per heavy atom. The molecule has 2 rings (SSSR count). The summed E-state index contributed by atoms with van der Waals surface area (Å²) in [5.74, 6) is 1.54. The first-order valence-corrected chi connectivity index (χ1v) is 6.56. The summed E-state index contributed by atoms with van der Waals surface area (Å²) in [5, 5.41) is 11.4. The highest BCUT2D eigenvalue weighted by Gasteiger charge is 2.14. The Balaban J connectivity index is 2.15. The molecular weight excluding hydrogens is 240 g/mol. The van der Waals surface area contributed by atoms with Crippen LogP contribution < -0.4 is 5.32 Å². The Labute approximate surface area is 113 Å². The normalized spacial score (nSPS) is 12.4. The molecule has 0 radical (unpaired) electrons. The van der Waals surface area contributed by atoms with Crippen LogP contribution in [0.4, 0.5) is 5.95 Å². The lowest BCUT2D eigenvalue weighted by atomic mass is 10.3. The summed E-state index contributed by atoms with van der Waals surface area (Å²) in [7, 11) is 0. The van der Waals surface area contributed by atoms with Crippen LogP contribution in [-0.2, 0) is 6.54 Å². The molecule has 1 unspecified atom stereocenters. The van der Waals surface area contributed by atoms with Crippen LogP contribution >= 0.6 is 0 Å². The first-order valence-electron chi connectivity index (χ1n) is 6.56. The van der Waals surface area contributed by atoms with Crippen LogP contribution in [0.3, 0.4) is 0 Å². The highest BCUT2D eigenvalue weighted by molar-refractivity contribution is 5.30. The van der Waals surface area contributed by atoms with Gasteiger partial charge in [0.05, 0.1) is 6.04 Å². The van der Waals surface area contributed by atoms with Crippen molar-refractivity contribution in [1.82, 2.24) is 24.7 Å². The molecule has 0 saturated heterocycles. The minimum Gasteiger partial charge on any atom is -0.344 e. The van der Waals surface area contributed by atoms with Gasteiger partial charge in [-0.05, 0) is 33.3 Å². The number of hydrogen-bond donors (Lipinski definition) is 1. The van der Waals surface area contributed by atoms with E-state index in [0.717, 1.165) is 30.2 Å². The standard InChI is InChI=1S/C13H20N6/c1-5-6-19-8-14-18-12(19)11(4)17-13-15-9(2)7-10(3)16-13/h7-8,11H,5-6H2,1-4H3,(H,15,16,17). The molecule has 0 saturated carbocycles. The molecule has 0 bridgehead atoms. The third-order valence-electron chi connectivity index (χ3n) is 2.83. The first kappa shape index (κ1) is 13.5. The van der Waals surface area contributed by atoms with Crippen LogP contribution in [0.15, 0.2) is 12.4 Å². The molecule has 19 heavy (non-hydrogen) atoms. The molecular formula is C13H20N6. The number of nitrogens with one attached hydrogen (secondary N) is 1. The van der Waals surface area contributed by atoms with Gasteiger partial charge in [0.25, 0.3) is 0 Å². The molecule has 0 spiro atoms. The van der Waals surface area contributed by atoms with Gasteiger partial charge in [-0.3, -0.25) is 0 Å². The van der Waals surface area contributed by atoms with Crippen LogP contribution in [0.25, 0.3) is 0 Å². The van der Waals surface area contributed by atoms with Crippen molar-refractivity contribution in [3.63, 3.8) is 0 Å². The highest BCUT2D eigenvalue weighted by Crippen LogP contribution is 2.15. The Hall–Kier alpha value is -1.98. The summed E-state index contributed by atoms with van der Waals surface area (Å²) in [4.78, 5) is 8.76. The van der Waals surface area contributed by atoms with Crippen molar-refractivity contribution in [2.24, 2.45) is 0 Å². The fourth-order valence-electron chi connectivity index (χ4n) is 2.06. The maximum Gasteiger partial charge on any atom is 0.223 e. The Kier molecular flexibility index (Phi) is 4.09. The molecule has 2 aromatic heterocycles. The van der Waals surface area contributed by atoms with E-state index in [4.69, 9.17) is 0 Å². The summed E-state index contributed by atoms with van der Waals surface area (Å²) in [6.45, 7) is 9.02. The lowest BCUT2D eigenvalue weighted by Crippen LogP contribution is -2.15. The topological polar surface area (TPSA) is 68.5 Å². The van der Waals surface area contributed by atoms with E-state index in [1.807, 2.05) is 26.8 Å². The van der Waals surface area contributed by atoms with Gasteiger partial charge in [-0.1, -0.05) is 6.92 Å². The lowest BCUT2D eigenvalue weighted by molar-refractivity contribution is 0.612. The monoisotopic (exact) mass is 260 g/mol. The second-order valence-electron chi connectivity index (χ2n) is 4.72. The van der Waals surface area contributed by atoms with Gasteiger partial charge in [0.2, 0.25) is 5.95 Å². The SMILES string of the molecule is CCCn1cnnc1C(C)Nc1nc(C)cc(C)n1. The van der Waals surface area contributed by atoms with Crippen molar-refractivity contribution in [3.8, 4) is 0 Å². The van der Waals surface area contributed by atoms with Gasteiger partial charge < -0.3 is 9.88 Å². The minimum atomic E-state index is 0.0234. The number of aromatic nitrogens is 5. The van der Waals surface area contributed by atoms with E-state index < -0.39 is 0 Å². The average Bonchev–Trinajstić information content (AvgIpc) is 2.76. The van der Waals surface area contributed by atoms with Gasteiger partial charge in [-0.25, -0.2) is 9.97 Å². The molecule has 102 valence electrons. The minimum absolute atomic E-state index is 0.0234. The smallest absolute Gasteiger partial charge is 0.223 e. The van der Waals surface area contributed by atoms with Gasteiger partial charge in [0, 0.05) is 17.9 Å². The molecule has 0 aliphatic rings. The Bertz CT molecular complexity index is 528. The van der Waals surface area contributed by atoms with E-state index in [9.17, 15) is 0 Å². The van der Waals surface area contributed by atoms with Crippen molar-refractivity contribution >= 4 is 5.95 Å². The number of nitrogens with zero attached hydrogens (tertiary/aromatic N) is 5. The number of rotatable bonds is 5. The second-order valence-corrected chi connectivity index (χ2v) is 4.72. The van der Waals surface area contributed by atoms with Gasteiger partial charge in [-0.2, -0.15) is 0 Å². The Morgan fingerprint density at radius 2 is 1.95 bits per heavy atom. The predicted molar refractivity (Wildman–Crippen MR) is 73.9 cm³/mol. The molecule has 0 aliphatic carbocycles. The number of aryl methyl sites for hydroxylation is 3. The highest BCUT2D eigenvalue weighted by atomic mass is 15.3. The Morgan fingerprint density at radius 3 is 2.58 bits per heavy atom. The van der Waals surface area contributed by atoms with Crippen LogP contribution in [0, 0.1) is 13.8 Å². The van der Waals surface area contributed by atoms with Crippen molar-refractivity contribution in [2.75, 3.05) is 5.32 Å². The van der Waals surface area contributed by atoms with E-state index >= 15 is 0 Å². The molecule has 2 aromatic rings. The molecule has 0 aromatic carbocycles. The van der Waals surface area contributed by atoms with Crippen LogP contribution in [-0.4, -0.2) is 24.7 Å². The molecule has 0 amide bonds. The zero-order chi connectivity index (χ0) is 13.8. The summed E-state index contributed by atoms with van der Waals surface area (Å²) < 4.78 is 2.06. The lowest BCUT2D eigenvalue weighted by Gasteiger charge is -2.14. The third-order valence-corrected chi connectivity index (χ3v) is 2.83. The zero-order valence-electron chi connectivity index (χ0n) is 11.9. The molecule has 2 heterocycles. The fraction of sp³-hybridized carbons (Fsp3) is 0.538. The van der Waals surface area contributed by atoms with E-state index in [2.05, 4.69) is 37.0 Å². The predicted octanol–water partition coefficient (Wildman–Crippen LogP) is 2.27. The fourth-order valence-corrected chi connectivity index (χ4v) is 2.06. The third kappa shape index (κ3) is 3.27. The molecule has 1 N–H and O–H groups in total. The van der Waals surface area contributed by atoms with Crippen molar-refractivity contribution in [3.05, 3.63) is 29.6 Å². The van der Waals surface area contributed by atoms with Crippen molar-refractivity contribution < 1.29 is 0 Å². The number of hydrogen-bond acceptors (Lipinski definition) is 5. The van der Waals surface area contributed by atoms with E-state index in [1.165, 1.54) is 0 Å². The zero-order valence-corrected chi connectivity index (χ0v) is 11.9. The van der Waals surface area contributed by atoms with E-state index in [1.54, 1.807) is 6.33 Å². The maximum absolute atomic E-state index is 4.38. The summed E-state index contributed by atoms with van der Waals surface area (Å²) in [6, 6.07) is 1.98. The van der Waals surface area contributed by atoms with Gasteiger partial charge in [-0.15, -0.1) is 10.2 Å². The quantitative estimate of drug-likeness (QED) is 0.893. The average molecular weight is 260 g/mol. The summed E-state index contributed by atoms with van der Waals surface area (Å²) >= 11 is 0. The van der Waals surface area contributed by atoms with Crippen molar-refractivity contribution in [2.45, 2.75) is 46.7 Å². The van der Waals surface area contributed by atoms with E-state index in [-0.39, 0.29) is 6.04 Å². The van der Waals surface area contributed by atoms with Crippen LogP contribution in [0.5, 0.6) is 0 Å². The molecule has 0 aliphatic heterocycles. The molecule has 0 fully saturated rings. The van der Waals surface area contributed by atoms with Gasteiger partial charge in [0.15, 0.2) is 5.82 Å². The molecule has 1 atom stereocenters. The van der Waals surface area contributed by atoms with Crippen molar-refractivity contribution in [1.29, 1.82) is 0 Å². The number of anilines is 1. The van der Waals surface area contributed by atoms with Crippen LogP contribution in [0.1, 0.15) is 43.5 Å². The van der Waals surface area contributed by atoms with Gasteiger partial charge in [0.1, 0.15) is 6.33 Å².